The highest BCUT2D eigenvalue weighted by Crippen LogP contribution is 2.42. The van der Waals surface area contributed by atoms with E-state index < -0.39 is 0 Å². The Kier molecular flexibility index (Phi) is 3.14. The van der Waals surface area contributed by atoms with E-state index in [4.69, 9.17) is 10.7 Å². The summed E-state index contributed by atoms with van der Waals surface area (Å²) in [6.07, 6.45) is 8.55. The summed E-state index contributed by atoms with van der Waals surface area (Å²) >= 11 is 1.75. The number of hydrogen-bond donors (Lipinski definition) is 1. The minimum absolute atomic E-state index is 0.149. The molecular formula is C14H17N3S. The zero-order chi connectivity index (χ0) is 12.4. The van der Waals surface area contributed by atoms with E-state index in [2.05, 4.69) is 10.4 Å². The van der Waals surface area contributed by atoms with Crippen molar-refractivity contribution in [3.63, 3.8) is 0 Å². The van der Waals surface area contributed by atoms with Gasteiger partial charge in [-0.3, -0.25) is 4.98 Å². The molecule has 1 aliphatic rings. The molecule has 0 amide bonds. The predicted molar refractivity (Wildman–Crippen MR) is 74.5 cm³/mol. The Hall–Kier alpha value is -1.26. The van der Waals surface area contributed by atoms with Gasteiger partial charge in [0.15, 0.2) is 0 Å². The maximum atomic E-state index is 6.01. The van der Waals surface area contributed by atoms with Gasteiger partial charge in [0, 0.05) is 35.3 Å². The Balaban J connectivity index is 1.94. The van der Waals surface area contributed by atoms with Gasteiger partial charge in [-0.15, -0.1) is 11.3 Å². The number of thiazole rings is 1. The van der Waals surface area contributed by atoms with Gasteiger partial charge in [-0.1, -0.05) is 12.8 Å². The van der Waals surface area contributed by atoms with E-state index in [0.29, 0.717) is 0 Å². The van der Waals surface area contributed by atoms with Crippen LogP contribution >= 0.6 is 11.3 Å². The van der Waals surface area contributed by atoms with Crippen LogP contribution in [0.15, 0.2) is 29.9 Å². The normalized spacial score (nSPS) is 18.1. The highest BCUT2D eigenvalue weighted by Gasteiger charge is 2.36. The van der Waals surface area contributed by atoms with Crippen LogP contribution in [0, 0.1) is 0 Å². The first-order chi connectivity index (χ1) is 8.84. The molecule has 18 heavy (non-hydrogen) atoms. The molecule has 1 fully saturated rings. The van der Waals surface area contributed by atoms with Gasteiger partial charge in [0.2, 0.25) is 0 Å². The van der Waals surface area contributed by atoms with E-state index in [-0.39, 0.29) is 5.41 Å². The van der Waals surface area contributed by atoms with Gasteiger partial charge in [0.05, 0.1) is 5.69 Å². The average molecular weight is 259 g/mol. The second-order valence-electron chi connectivity index (χ2n) is 4.97. The minimum Gasteiger partial charge on any atom is -0.329 e. The molecule has 2 aromatic heterocycles. The second kappa shape index (κ2) is 4.78. The molecule has 3 rings (SSSR count). The lowest BCUT2D eigenvalue weighted by atomic mass is 9.87. The van der Waals surface area contributed by atoms with Crippen LogP contribution < -0.4 is 5.73 Å². The number of aromatic nitrogens is 2. The molecule has 1 saturated carbocycles. The molecule has 0 saturated heterocycles. The highest BCUT2D eigenvalue weighted by atomic mass is 32.1. The van der Waals surface area contributed by atoms with Gasteiger partial charge in [0.25, 0.3) is 0 Å². The fourth-order valence-electron chi connectivity index (χ4n) is 2.73. The zero-order valence-electron chi connectivity index (χ0n) is 10.3. The Morgan fingerprint density at radius 2 is 1.94 bits per heavy atom. The molecule has 4 heteroatoms. The molecule has 3 nitrogen and oxygen atoms in total. The van der Waals surface area contributed by atoms with Crippen molar-refractivity contribution in [2.75, 3.05) is 6.54 Å². The summed E-state index contributed by atoms with van der Waals surface area (Å²) < 4.78 is 0. The number of nitrogens with zero attached hydrogens (tertiary/aromatic N) is 2. The van der Waals surface area contributed by atoms with Crippen molar-refractivity contribution in [1.29, 1.82) is 0 Å². The van der Waals surface area contributed by atoms with E-state index in [1.807, 2.05) is 24.5 Å². The van der Waals surface area contributed by atoms with Gasteiger partial charge in [-0.2, -0.15) is 0 Å². The topological polar surface area (TPSA) is 51.8 Å². The minimum atomic E-state index is 0.149. The lowest BCUT2D eigenvalue weighted by molar-refractivity contribution is 0.451. The quantitative estimate of drug-likeness (QED) is 0.922. The third kappa shape index (κ3) is 1.95. The standard InChI is InChI=1S/C14H17N3S/c15-10-14(5-1-2-6-14)13-17-12(9-18-13)11-3-7-16-8-4-11/h3-4,7-9H,1-2,5-6,10,15H2. The second-order valence-corrected chi connectivity index (χ2v) is 5.82. The van der Waals surface area contributed by atoms with Crippen LogP contribution in [0.3, 0.4) is 0 Å². The summed E-state index contributed by atoms with van der Waals surface area (Å²) in [6, 6.07) is 4.01. The van der Waals surface area contributed by atoms with Crippen molar-refractivity contribution in [3.8, 4) is 11.3 Å². The zero-order valence-corrected chi connectivity index (χ0v) is 11.1. The van der Waals surface area contributed by atoms with E-state index in [0.717, 1.165) is 17.8 Å². The number of pyridine rings is 1. The first kappa shape index (κ1) is 11.8. The van der Waals surface area contributed by atoms with Crippen LogP contribution in [0.2, 0.25) is 0 Å². The summed E-state index contributed by atoms with van der Waals surface area (Å²) in [5, 5.41) is 3.36. The molecule has 0 aliphatic heterocycles. The third-order valence-electron chi connectivity index (χ3n) is 3.89. The first-order valence-corrected chi connectivity index (χ1v) is 7.28. The summed E-state index contributed by atoms with van der Waals surface area (Å²) in [5.74, 6) is 0. The van der Waals surface area contributed by atoms with Crippen LogP contribution in [-0.2, 0) is 5.41 Å². The van der Waals surface area contributed by atoms with Gasteiger partial charge in [0.1, 0.15) is 5.01 Å². The summed E-state index contributed by atoms with van der Waals surface area (Å²) in [6.45, 7) is 0.719. The lowest BCUT2D eigenvalue weighted by Crippen LogP contribution is -2.31. The SMILES string of the molecule is NCC1(c2nc(-c3ccncc3)cs2)CCCC1. The number of rotatable bonds is 3. The van der Waals surface area contributed by atoms with Crippen molar-refractivity contribution in [3.05, 3.63) is 34.9 Å². The molecule has 2 N–H and O–H groups in total. The number of hydrogen-bond acceptors (Lipinski definition) is 4. The van der Waals surface area contributed by atoms with Crippen LogP contribution in [0.1, 0.15) is 30.7 Å². The predicted octanol–water partition coefficient (Wildman–Crippen LogP) is 2.98. The summed E-state index contributed by atoms with van der Waals surface area (Å²) in [4.78, 5) is 8.86. The smallest absolute Gasteiger partial charge is 0.101 e. The maximum Gasteiger partial charge on any atom is 0.101 e. The van der Waals surface area contributed by atoms with Gasteiger partial charge in [-0.25, -0.2) is 4.98 Å². The Morgan fingerprint density at radius 1 is 1.22 bits per heavy atom. The fourth-order valence-corrected chi connectivity index (χ4v) is 3.83. The molecule has 0 bridgehead atoms. The monoisotopic (exact) mass is 259 g/mol. The van der Waals surface area contributed by atoms with Crippen molar-refractivity contribution in [1.82, 2.24) is 9.97 Å². The number of nitrogens with two attached hydrogens (primary N) is 1. The van der Waals surface area contributed by atoms with E-state index in [1.165, 1.54) is 30.7 Å². The fraction of sp³-hybridized carbons (Fsp3) is 0.429. The van der Waals surface area contributed by atoms with Crippen LogP contribution in [0.25, 0.3) is 11.3 Å². The molecule has 1 aliphatic carbocycles. The molecule has 0 aromatic carbocycles. The van der Waals surface area contributed by atoms with Crippen molar-refractivity contribution >= 4 is 11.3 Å². The molecular weight excluding hydrogens is 242 g/mol. The summed E-state index contributed by atoms with van der Waals surface area (Å²) in [7, 11) is 0. The van der Waals surface area contributed by atoms with Crippen LogP contribution in [-0.4, -0.2) is 16.5 Å². The van der Waals surface area contributed by atoms with Crippen molar-refractivity contribution in [2.45, 2.75) is 31.1 Å². The first-order valence-electron chi connectivity index (χ1n) is 6.41. The van der Waals surface area contributed by atoms with E-state index in [9.17, 15) is 0 Å². The largest absolute Gasteiger partial charge is 0.329 e. The Labute approximate surface area is 111 Å². The van der Waals surface area contributed by atoms with Gasteiger partial charge < -0.3 is 5.73 Å². The van der Waals surface area contributed by atoms with Gasteiger partial charge >= 0.3 is 0 Å². The van der Waals surface area contributed by atoms with Crippen molar-refractivity contribution in [2.24, 2.45) is 5.73 Å². The Bertz CT molecular complexity index is 515. The van der Waals surface area contributed by atoms with Gasteiger partial charge in [-0.05, 0) is 25.0 Å². The van der Waals surface area contributed by atoms with E-state index >= 15 is 0 Å². The highest BCUT2D eigenvalue weighted by molar-refractivity contribution is 7.10. The van der Waals surface area contributed by atoms with Crippen LogP contribution in [0.4, 0.5) is 0 Å². The Morgan fingerprint density at radius 3 is 2.61 bits per heavy atom. The molecule has 2 heterocycles. The summed E-state index contributed by atoms with van der Waals surface area (Å²) in [5.41, 5.74) is 8.34. The third-order valence-corrected chi connectivity index (χ3v) is 4.97. The van der Waals surface area contributed by atoms with E-state index in [1.54, 1.807) is 11.3 Å². The molecule has 0 radical (unpaired) electrons. The lowest BCUT2D eigenvalue weighted by Gasteiger charge is -2.24. The molecule has 0 spiro atoms. The maximum absolute atomic E-state index is 6.01. The molecule has 0 unspecified atom stereocenters. The van der Waals surface area contributed by atoms with Crippen LogP contribution in [0.5, 0.6) is 0 Å². The average Bonchev–Trinajstić information content (AvgIpc) is 3.09. The molecule has 0 atom stereocenters. The molecule has 2 aromatic rings. The molecule has 94 valence electrons. The van der Waals surface area contributed by atoms with Crippen molar-refractivity contribution < 1.29 is 0 Å².